The van der Waals surface area contributed by atoms with Gasteiger partial charge in [-0.2, -0.15) is 0 Å². The van der Waals surface area contributed by atoms with E-state index in [4.69, 9.17) is 0 Å². The second-order valence-corrected chi connectivity index (χ2v) is 7.50. The van der Waals surface area contributed by atoms with Gasteiger partial charge in [-0.05, 0) is 49.2 Å². The lowest BCUT2D eigenvalue weighted by molar-refractivity contribution is 0.0941. The maximum absolute atomic E-state index is 12.8. The average Bonchev–Trinajstić information content (AvgIpc) is 3.17. The smallest absolute Gasteiger partial charge is 0.251 e. The van der Waals surface area contributed by atoms with E-state index in [1.54, 1.807) is 11.3 Å². The molecule has 3 rings (SSSR count). The number of nitrogens with one attached hydrogen (secondary N) is 1. The Morgan fingerprint density at radius 2 is 1.73 bits per heavy atom. The van der Waals surface area contributed by atoms with Crippen molar-refractivity contribution in [3.63, 3.8) is 0 Å². The van der Waals surface area contributed by atoms with Crippen molar-refractivity contribution in [2.45, 2.75) is 12.5 Å². The second kappa shape index (κ2) is 8.79. The number of rotatable bonds is 7. The van der Waals surface area contributed by atoms with Gasteiger partial charge in [-0.1, -0.05) is 54.6 Å². The molecule has 1 heterocycles. The van der Waals surface area contributed by atoms with Gasteiger partial charge < -0.3 is 10.2 Å². The summed E-state index contributed by atoms with van der Waals surface area (Å²) >= 11 is 1.72. The van der Waals surface area contributed by atoms with Gasteiger partial charge in [0.2, 0.25) is 0 Å². The van der Waals surface area contributed by atoms with Gasteiger partial charge in [0, 0.05) is 17.0 Å². The Morgan fingerprint density at radius 1 is 1.00 bits per heavy atom. The summed E-state index contributed by atoms with van der Waals surface area (Å²) in [6, 6.07) is 22.4. The largest absolute Gasteiger partial charge is 0.350 e. The fourth-order valence-electron chi connectivity index (χ4n) is 3.01. The number of hydrogen-bond donors (Lipinski definition) is 1. The van der Waals surface area contributed by atoms with Crippen molar-refractivity contribution < 1.29 is 4.79 Å². The van der Waals surface area contributed by atoms with Crippen LogP contribution in [-0.2, 0) is 6.42 Å². The standard InChI is InChI=1S/C22H24N2OS/c1-24(2)20(21-13-8-14-26-21)16-23-22(25)19-12-7-6-11-18(19)15-17-9-4-3-5-10-17/h3-14,20H,15-16H2,1-2H3,(H,23,25). The van der Waals surface area contributed by atoms with Gasteiger partial charge in [0.25, 0.3) is 5.91 Å². The number of carbonyl (C=O) groups is 1. The topological polar surface area (TPSA) is 32.3 Å². The van der Waals surface area contributed by atoms with Gasteiger partial charge in [-0.3, -0.25) is 4.79 Å². The molecule has 0 bridgehead atoms. The van der Waals surface area contributed by atoms with Gasteiger partial charge in [-0.15, -0.1) is 11.3 Å². The van der Waals surface area contributed by atoms with E-state index in [0.29, 0.717) is 6.54 Å². The van der Waals surface area contributed by atoms with Crippen molar-refractivity contribution in [1.29, 1.82) is 0 Å². The Morgan fingerprint density at radius 3 is 2.42 bits per heavy atom. The molecule has 1 atom stereocenters. The molecule has 0 saturated heterocycles. The Labute approximate surface area is 159 Å². The first-order valence-electron chi connectivity index (χ1n) is 8.75. The molecule has 134 valence electrons. The summed E-state index contributed by atoms with van der Waals surface area (Å²) in [5.74, 6) is -0.0139. The van der Waals surface area contributed by atoms with E-state index in [1.165, 1.54) is 10.4 Å². The molecule has 3 aromatic rings. The quantitative estimate of drug-likeness (QED) is 0.675. The van der Waals surface area contributed by atoms with Crippen LogP contribution in [0.4, 0.5) is 0 Å². The van der Waals surface area contributed by atoms with Gasteiger partial charge >= 0.3 is 0 Å². The molecule has 1 aromatic heterocycles. The number of benzene rings is 2. The van der Waals surface area contributed by atoms with E-state index in [2.05, 4.69) is 33.8 Å². The van der Waals surface area contributed by atoms with Crippen LogP contribution >= 0.6 is 11.3 Å². The van der Waals surface area contributed by atoms with Crippen LogP contribution in [0.2, 0.25) is 0 Å². The van der Waals surface area contributed by atoms with E-state index < -0.39 is 0 Å². The summed E-state index contributed by atoms with van der Waals surface area (Å²) in [4.78, 5) is 16.2. The first-order valence-corrected chi connectivity index (χ1v) is 9.63. The van der Waals surface area contributed by atoms with Crippen LogP contribution in [0.25, 0.3) is 0 Å². The Kier molecular flexibility index (Phi) is 6.21. The Bertz CT molecular complexity index is 828. The molecule has 3 nitrogen and oxygen atoms in total. The number of likely N-dealkylation sites (N-methyl/N-ethyl adjacent to an activating group) is 1. The van der Waals surface area contributed by atoms with Crippen LogP contribution in [0, 0.1) is 0 Å². The molecule has 0 aliphatic rings. The van der Waals surface area contributed by atoms with Crippen molar-refractivity contribution in [3.05, 3.63) is 93.7 Å². The summed E-state index contributed by atoms with van der Waals surface area (Å²) in [5.41, 5.74) is 3.01. The van der Waals surface area contributed by atoms with Gasteiger partial charge in [0.15, 0.2) is 0 Å². The zero-order valence-electron chi connectivity index (χ0n) is 15.2. The molecule has 1 unspecified atom stereocenters. The molecule has 0 radical (unpaired) electrons. The summed E-state index contributed by atoms with van der Waals surface area (Å²) in [6.07, 6.45) is 0.756. The zero-order chi connectivity index (χ0) is 18.4. The molecule has 1 amide bonds. The van der Waals surface area contributed by atoms with Crippen LogP contribution in [0.15, 0.2) is 72.1 Å². The zero-order valence-corrected chi connectivity index (χ0v) is 16.0. The third kappa shape index (κ3) is 4.59. The summed E-state index contributed by atoms with van der Waals surface area (Å²) in [5, 5.41) is 5.19. The molecule has 4 heteroatoms. The first-order chi connectivity index (χ1) is 12.6. The minimum Gasteiger partial charge on any atom is -0.350 e. The lowest BCUT2D eigenvalue weighted by Crippen LogP contribution is -2.34. The lowest BCUT2D eigenvalue weighted by Gasteiger charge is -2.23. The van der Waals surface area contributed by atoms with Crippen LogP contribution in [0.3, 0.4) is 0 Å². The Hall–Kier alpha value is -2.43. The van der Waals surface area contributed by atoms with Crippen LogP contribution in [0.5, 0.6) is 0 Å². The molecular weight excluding hydrogens is 340 g/mol. The van der Waals surface area contributed by atoms with E-state index in [-0.39, 0.29) is 11.9 Å². The number of thiophene rings is 1. The number of carbonyl (C=O) groups excluding carboxylic acids is 1. The van der Waals surface area contributed by atoms with Gasteiger partial charge in [-0.25, -0.2) is 0 Å². The molecular formula is C22H24N2OS. The third-order valence-electron chi connectivity index (χ3n) is 4.45. The molecule has 26 heavy (non-hydrogen) atoms. The average molecular weight is 365 g/mol. The maximum Gasteiger partial charge on any atom is 0.251 e. The van der Waals surface area contributed by atoms with E-state index in [0.717, 1.165) is 17.5 Å². The number of amides is 1. The van der Waals surface area contributed by atoms with Crippen molar-refractivity contribution in [1.82, 2.24) is 10.2 Å². The van der Waals surface area contributed by atoms with Crippen LogP contribution in [-0.4, -0.2) is 31.4 Å². The third-order valence-corrected chi connectivity index (χ3v) is 5.42. The molecule has 0 saturated carbocycles. The predicted molar refractivity (Wildman–Crippen MR) is 109 cm³/mol. The fourth-order valence-corrected chi connectivity index (χ4v) is 3.94. The van der Waals surface area contributed by atoms with Crippen molar-refractivity contribution in [3.8, 4) is 0 Å². The minimum atomic E-state index is -0.0139. The van der Waals surface area contributed by atoms with Gasteiger partial charge in [0.05, 0.1) is 6.04 Å². The van der Waals surface area contributed by atoms with Crippen molar-refractivity contribution in [2.75, 3.05) is 20.6 Å². The lowest BCUT2D eigenvalue weighted by atomic mass is 9.99. The van der Waals surface area contributed by atoms with Crippen molar-refractivity contribution >= 4 is 17.2 Å². The number of hydrogen-bond acceptors (Lipinski definition) is 3. The van der Waals surface area contributed by atoms with Crippen LogP contribution in [0.1, 0.15) is 32.4 Å². The summed E-state index contributed by atoms with van der Waals surface area (Å²) in [6.45, 7) is 0.589. The normalized spacial score (nSPS) is 12.1. The van der Waals surface area contributed by atoms with Gasteiger partial charge in [0.1, 0.15) is 0 Å². The minimum absolute atomic E-state index is 0.0139. The molecule has 0 aliphatic heterocycles. The molecule has 0 fully saturated rings. The van der Waals surface area contributed by atoms with E-state index >= 15 is 0 Å². The SMILES string of the molecule is CN(C)C(CNC(=O)c1ccccc1Cc1ccccc1)c1cccs1. The molecule has 1 N–H and O–H groups in total. The monoisotopic (exact) mass is 364 g/mol. The highest BCUT2D eigenvalue weighted by molar-refractivity contribution is 7.10. The first kappa shape index (κ1) is 18.4. The molecule has 0 aliphatic carbocycles. The Balaban J connectivity index is 1.72. The fraction of sp³-hybridized carbons (Fsp3) is 0.227. The summed E-state index contributed by atoms with van der Waals surface area (Å²) < 4.78 is 0. The predicted octanol–water partition coefficient (Wildman–Crippen LogP) is 4.37. The molecule has 2 aromatic carbocycles. The highest BCUT2D eigenvalue weighted by Gasteiger charge is 2.18. The highest BCUT2D eigenvalue weighted by Crippen LogP contribution is 2.22. The highest BCUT2D eigenvalue weighted by atomic mass is 32.1. The maximum atomic E-state index is 12.8. The van der Waals surface area contributed by atoms with Crippen molar-refractivity contribution in [2.24, 2.45) is 0 Å². The van der Waals surface area contributed by atoms with E-state index in [9.17, 15) is 4.79 Å². The number of nitrogens with zero attached hydrogens (tertiary/aromatic N) is 1. The summed E-state index contributed by atoms with van der Waals surface area (Å²) in [7, 11) is 4.08. The van der Waals surface area contributed by atoms with E-state index in [1.807, 2.05) is 62.6 Å². The second-order valence-electron chi connectivity index (χ2n) is 6.52. The molecule has 0 spiro atoms. The van der Waals surface area contributed by atoms with Crippen LogP contribution < -0.4 is 5.32 Å².